The molecule has 1 aliphatic rings. The summed E-state index contributed by atoms with van der Waals surface area (Å²) in [6.07, 6.45) is 10.6. The minimum Gasteiger partial charge on any atom is -0.0809 e. The van der Waals surface area contributed by atoms with E-state index in [1.54, 1.807) is 0 Å². The van der Waals surface area contributed by atoms with Crippen LogP contribution in [-0.2, 0) is 6.42 Å². The average Bonchev–Trinajstić information content (AvgIpc) is 2.82. The number of fused-ring (bicyclic) bond motifs is 3. The van der Waals surface area contributed by atoms with Crippen molar-refractivity contribution >= 4 is 0 Å². The molecule has 0 bridgehead atoms. The second kappa shape index (κ2) is 4.94. The molecular formula is C19H17. The van der Waals surface area contributed by atoms with Gasteiger partial charge >= 0.3 is 0 Å². The van der Waals surface area contributed by atoms with Crippen LogP contribution in [-0.4, -0.2) is 0 Å². The quantitative estimate of drug-likeness (QED) is 0.585. The summed E-state index contributed by atoms with van der Waals surface area (Å²) in [7, 11) is 0. The molecule has 93 valence electrons. The van der Waals surface area contributed by atoms with Gasteiger partial charge in [-0.15, -0.1) is 0 Å². The number of rotatable bonds is 3. The summed E-state index contributed by atoms with van der Waals surface area (Å²) in [5, 5.41) is 0. The Morgan fingerprint density at radius 2 is 1.89 bits per heavy atom. The lowest BCUT2D eigenvalue weighted by molar-refractivity contribution is 0.733. The van der Waals surface area contributed by atoms with Crippen LogP contribution in [0.15, 0.2) is 42.5 Å². The van der Waals surface area contributed by atoms with Crippen LogP contribution in [0.4, 0.5) is 0 Å². The Bertz CT molecular complexity index is 643. The number of hydrogen-bond acceptors (Lipinski definition) is 0. The summed E-state index contributed by atoms with van der Waals surface area (Å²) in [6, 6.07) is 15.3. The molecular weight excluding hydrogens is 228 g/mol. The largest absolute Gasteiger partial charge is 0.0809 e. The smallest absolute Gasteiger partial charge is 0.0462 e. The first-order valence-corrected chi connectivity index (χ1v) is 6.97. The summed E-state index contributed by atoms with van der Waals surface area (Å²) >= 11 is 0. The average molecular weight is 245 g/mol. The third-order valence-electron chi connectivity index (χ3n) is 3.97. The Morgan fingerprint density at radius 1 is 1.11 bits per heavy atom. The van der Waals surface area contributed by atoms with Crippen molar-refractivity contribution in [2.24, 2.45) is 0 Å². The van der Waals surface area contributed by atoms with E-state index < -0.39 is 0 Å². The van der Waals surface area contributed by atoms with E-state index in [4.69, 9.17) is 6.42 Å². The van der Waals surface area contributed by atoms with Gasteiger partial charge in [0.1, 0.15) is 0 Å². The van der Waals surface area contributed by atoms with Gasteiger partial charge in [0.2, 0.25) is 0 Å². The first-order chi connectivity index (χ1) is 9.33. The van der Waals surface area contributed by atoms with Gasteiger partial charge in [-0.05, 0) is 47.1 Å². The van der Waals surface area contributed by atoms with Gasteiger partial charge in [-0.2, -0.15) is 0 Å². The van der Waals surface area contributed by atoms with Crippen LogP contribution >= 0.6 is 0 Å². The van der Waals surface area contributed by atoms with Gasteiger partial charge in [0.25, 0.3) is 0 Å². The van der Waals surface area contributed by atoms with Gasteiger partial charge < -0.3 is 0 Å². The van der Waals surface area contributed by atoms with Crippen molar-refractivity contribution in [2.45, 2.75) is 32.1 Å². The van der Waals surface area contributed by atoms with Crippen molar-refractivity contribution in [1.29, 1.82) is 0 Å². The first kappa shape index (κ1) is 12.1. The predicted molar refractivity (Wildman–Crippen MR) is 79.5 cm³/mol. The zero-order valence-electron chi connectivity index (χ0n) is 11.2. The molecule has 0 aromatic heterocycles. The highest BCUT2D eigenvalue weighted by atomic mass is 14.2. The molecule has 0 aliphatic heterocycles. The Balaban J connectivity index is 2.00. The monoisotopic (exact) mass is 245 g/mol. The molecule has 0 heteroatoms. The third-order valence-corrected chi connectivity index (χ3v) is 3.97. The van der Waals surface area contributed by atoms with E-state index in [9.17, 15) is 0 Å². The van der Waals surface area contributed by atoms with Crippen molar-refractivity contribution in [2.75, 3.05) is 0 Å². The molecule has 1 aliphatic carbocycles. The van der Waals surface area contributed by atoms with Gasteiger partial charge in [0.15, 0.2) is 0 Å². The molecule has 1 radical (unpaired) electrons. The maximum absolute atomic E-state index is 7.48. The van der Waals surface area contributed by atoms with Crippen molar-refractivity contribution in [1.82, 2.24) is 0 Å². The second-order valence-corrected chi connectivity index (χ2v) is 5.24. The molecule has 1 atom stereocenters. The van der Waals surface area contributed by atoms with Crippen LogP contribution in [0.2, 0.25) is 0 Å². The molecule has 0 saturated heterocycles. The molecule has 3 rings (SSSR count). The van der Waals surface area contributed by atoms with Crippen molar-refractivity contribution in [3.63, 3.8) is 0 Å². The second-order valence-electron chi connectivity index (χ2n) is 5.24. The zero-order valence-corrected chi connectivity index (χ0v) is 11.2. The van der Waals surface area contributed by atoms with E-state index in [1.165, 1.54) is 27.8 Å². The van der Waals surface area contributed by atoms with E-state index >= 15 is 0 Å². The Hall–Kier alpha value is -2.00. The van der Waals surface area contributed by atoms with Crippen molar-refractivity contribution in [3.8, 4) is 17.0 Å². The summed E-state index contributed by atoms with van der Waals surface area (Å²) in [4.78, 5) is 0. The van der Waals surface area contributed by atoms with E-state index in [0.717, 1.165) is 19.3 Å². The molecule has 0 heterocycles. The first-order valence-electron chi connectivity index (χ1n) is 6.97. The molecule has 0 spiro atoms. The molecule has 2 aromatic carbocycles. The topological polar surface area (TPSA) is 0 Å². The SMILES string of the molecule is [C]#CC(CCC)c1ccc2c(c1)Cc1ccccc1-2. The fourth-order valence-electron chi connectivity index (χ4n) is 2.99. The molecule has 0 saturated carbocycles. The van der Waals surface area contributed by atoms with Gasteiger partial charge in [0, 0.05) is 5.92 Å². The van der Waals surface area contributed by atoms with Gasteiger partial charge in [-0.3, -0.25) is 0 Å². The van der Waals surface area contributed by atoms with Crippen LogP contribution in [0.25, 0.3) is 11.1 Å². The highest BCUT2D eigenvalue weighted by Gasteiger charge is 2.19. The highest BCUT2D eigenvalue weighted by Crippen LogP contribution is 2.38. The maximum Gasteiger partial charge on any atom is 0.0462 e. The lowest BCUT2D eigenvalue weighted by Gasteiger charge is -2.11. The summed E-state index contributed by atoms with van der Waals surface area (Å²) in [5.41, 5.74) is 6.79. The van der Waals surface area contributed by atoms with Gasteiger partial charge in [-0.1, -0.05) is 61.7 Å². The fraction of sp³-hybridized carbons (Fsp3) is 0.263. The van der Waals surface area contributed by atoms with E-state index in [1.807, 2.05) is 0 Å². The Kier molecular flexibility index (Phi) is 3.13. The summed E-state index contributed by atoms with van der Waals surface area (Å²) in [6.45, 7) is 2.16. The van der Waals surface area contributed by atoms with E-state index in [-0.39, 0.29) is 5.92 Å². The molecule has 0 N–H and O–H groups in total. The Morgan fingerprint density at radius 3 is 2.68 bits per heavy atom. The molecule has 0 amide bonds. The van der Waals surface area contributed by atoms with Crippen molar-refractivity contribution in [3.05, 3.63) is 65.6 Å². The highest BCUT2D eigenvalue weighted by molar-refractivity contribution is 5.77. The van der Waals surface area contributed by atoms with E-state index in [2.05, 4.69) is 55.3 Å². The lowest BCUT2D eigenvalue weighted by atomic mass is 9.92. The van der Waals surface area contributed by atoms with Crippen LogP contribution in [0.1, 0.15) is 42.4 Å². The molecule has 0 fully saturated rings. The lowest BCUT2D eigenvalue weighted by Crippen LogP contribution is -1.96. The van der Waals surface area contributed by atoms with Crippen LogP contribution < -0.4 is 0 Å². The Labute approximate surface area is 115 Å². The van der Waals surface area contributed by atoms with Crippen LogP contribution in [0, 0.1) is 12.3 Å². The predicted octanol–water partition coefficient (Wildman–Crippen LogP) is 4.73. The zero-order chi connectivity index (χ0) is 13.2. The molecule has 2 aromatic rings. The maximum atomic E-state index is 7.48. The fourth-order valence-corrected chi connectivity index (χ4v) is 2.99. The summed E-state index contributed by atoms with van der Waals surface area (Å²) in [5.74, 6) is 2.83. The molecule has 19 heavy (non-hydrogen) atoms. The minimum atomic E-state index is 0.152. The molecule has 0 nitrogen and oxygen atoms in total. The van der Waals surface area contributed by atoms with E-state index in [0.29, 0.717) is 0 Å². The van der Waals surface area contributed by atoms with Gasteiger partial charge in [-0.25, -0.2) is 0 Å². The van der Waals surface area contributed by atoms with Gasteiger partial charge in [0.05, 0.1) is 0 Å². The van der Waals surface area contributed by atoms with Crippen LogP contribution in [0.3, 0.4) is 0 Å². The minimum absolute atomic E-state index is 0.152. The molecule has 1 unspecified atom stereocenters. The summed E-state index contributed by atoms with van der Waals surface area (Å²) < 4.78 is 0. The standard InChI is InChI=1S/C19H17/c1-3-7-14(4-2)15-10-11-19-17(12-15)13-16-8-5-6-9-18(16)19/h5-6,8-12,14H,3,7,13H2,1H3. The van der Waals surface area contributed by atoms with Crippen molar-refractivity contribution < 1.29 is 0 Å². The number of hydrogen-bond donors (Lipinski definition) is 0. The van der Waals surface area contributed by atoms with Crippen LogP contribution in [0.5, 0.6) is 0 Å². The number of benzene rings is 2. The third kappa shape index (κ3) is 2.06. The normalized spacial score (nSPS) is 13.5.